The fourth-order valence-electron chi connectivity index (χ4n) is 2.45. The largest absolute Gasteiger partial charge is 0.356 e. The number of amides is 1. The molecule has 0 radical (unpaired) electrons. The zero-order valence-corrected chi connectivity index (χ0v) is 15.3. The molecular formula is C18H26N4OS. The molecule has 0 saturated heterocycles. The molecule has 0 bridgehead atoms. The third kappa shape index (κ3) is 6.02. The van der Waals surface area contributed by atoms with E-state index in [-0.39, 0.29) is 5.91 Å². The molecule has 2 heterocycles. The van der Waals surface area contributed by atoms with Gasteiger partial charge in [0.15, 0.2) is 0 Å². The van der Waals surface area contributed by atoms with Crippen LogP contribution in [0, 0.1) is 0 Å². The number of aromatic nitrogens is 2. The van der Waals surface area contributed by atoms with Crippen molar-refractivity contribution >= 4 is 17.2 Å². The topological polar surface area (TPSA) is 58.1 Å². The van der Waals surface area contributed by atoms with Gasteiger partial charge in [0.1, 0.15) is 5.01 Å². The van der Waals surface area contributed by atoms with Crippen molar-refractivity contribution in [2.24, 2.45) is 0 Å². The van der Waals surface area contributed by atoms with Crippen LogP contribution < -0.4 is 5.32 Å². The second-order valence-corrected chi connectivity index (χ2v) is 6.48. The van der Waals surface area contributed by atoms with E-state index in [1.54, 1.807) is 6.20 Å². The van der Waals surface area contributed by atoms with E-state index < -0.39 is 0 Å². The summed E-state index contributed by atoms with van der Waals surface area (Å²) < 4.78 is 0. The molecule has 24 heavy (non-hydrogen) atoms. The molecule has 0 atom stereocenters. The number of carbonyl (C=O) groups is 1. The van der Waals surface area contributed by atoms with E-state index >= 15 is 0 Å². The van der Waals surface area contributed by atoms with Crippen molar-refractivity contribution in [3.05, 3.63) is 35.5 Å². The van der Waals surface area contributed by atoms with Crippen molar-refractivity contribution in [3.63, 3.8) is 0 Å². The molecule has 0 aliphatic heterocycles. The Morgan fingerprint density at radius 3 is 2.79 bits per heavy atom. The number of unbranched alkanes of at least 4 members (excludes halogenated alkanes) is 1. The van der Waals surface area contributed by atoms with Crippen LogP contribution in [0.3, 0.4) is 0 Å². The molecule has 0 fully saturated rings. The van der Waals surface area contributed by atoms with Crippen LogP contribution in [0.1, 0.15) is 32.4 Å². The van der Waals surface area contributed by atoms with Crippen molar-refractivity contribution in [3.8, 4) is 10.7 Å². The van der Waals surface area contributed by atoms with Gasteiger partial charge in [0.25, 0.3) is 0 Å². The Balaban J connectivity index is 1.69. The molecule has 130 valence electrons. The average molecular weight is 347 g/mol. The number of nitrogens with zero attached hydrogens (tertiary/aromatic N) is 3. The molecule has 0 aliphatic rings. The first-order chi connectivity index (χ1) is 11.7. The van der Waals surface area contributed by atoms with Gasteiger partial charge in [0, 0.05) is 18.1 Å². The molecule has 0 spiro atoms. The van der Waals surface area contributed by atoms with Crippen LogP contribution in [0.25, 0.3) is 10.7 Å². The maximum Gasteiger partial charge on any atom is 0.226 e. The molecule has 0 saturated carbocycles. The molecule has 5 nitrogen and oxygen atoms in total. The highest BCUT2D eigenvalue weighted by Crippen LogP contribution is 2.21. The summed E-state index contributed by atoms with van der Waals surface area (Å²) in [6, 6.07) is 5.75. The summed E-state index contributed by atoms with van der Waals surface area (Å²) in [4.78, 5) is 23.2. The van der Waals surface area contributed by atoms with Crippen LogP contribution in [-0.4, -0.2) is 47.0 Å². The summed E-state index contributed by atoms with van der Waals surface area (Å²) in [7, 11) is 0. The van der Waals surface area contributed by atoms with Crippen molar-refractivity contribution in [2.45, 2.75) is 33.1 Å². The van der Waals surface area contributed by atoms with Crippen LogP contribution >= 0.6 is 11.3 Å². The summed E-state index contributed by atoms with van der Waals surface area (Å²) in [5.74, 6) is 0.0377. The highest BCUT2D eigenvalue weighted by molar-refractivity contribution is 7.13. The fraction of sp³-hybridized carbons (Fsp3) is 0.500. The summed E-state index contributed by atoms with van der Waals surface area (Å²) in [5.41, 5.74) is 1.66. The third-order valence-electron chi connectivity index (χ3n) is 3.90. The van der Waals surface area contributed by atoms with Gasteiger partial charge in [-0.15, -0.1) is 11.3 Å². The third-order valence-corrected chi connectivity index (χ3v) is 4.81. The number of carbonyl (C=O) groups excluding carboxylic acids is 1. The second-order valence-electron chi connectivity index (χ2n) is 5.62. The van der Waals surface area contributed by atoms with Gasteiger partial charge in [0.05, 0.1) is 17.8 Å². The smallest absolute Gasteiger partial charge is 0.226 e. The summed E-state index contributed by atoms with van der Waals surface area (Å²) >= 11 is 1.53. The van der Waals surface area contributed by atoms with Gasteiger partial charge in [0.2, 0.25) is 5.91 Å². The SMILES string of the molecule is CCN(CC)CCCCNC(=O)Cc1csc(-c2ccccn2)n1. The number of hydrogen-bond donors (Lipinski definition) is 1. The first-order valence-corrected chi connectivity index (χ1v) is 9.45. The molecule has 0 aromatic carbocycles. The van der Waals surface area contributed by atoms with E-state index in [0.29, 0.717) is 6.42 Å². The molecule has 1 N–H and O–H groups in total. The second kappa shape index (κ2) is 10.2. The van der Waals surface area contributed by atoms with Gasteiger partial charge >= 0.3 is 0 Å². The molecule has 6 heteroatoms. The lowest BCUT2D eigenvalue weighted by atomic mass is 10.2. The van der Waals surface area contributed by atoms with Crippen molar-refractivity contribution in [1.82, 2.24) is 20.2 Å². The van der Waals surface area contributed by atoms with E-state index in [1.807, 2.05) is 23.6 Å². The van der Waals surface area contributed by atoms with E-state index in [4.69, 9.17) is 0 Å². The molecule has 0 unspecified atom stereocenters. The standard InChI is InChI=1S/C18H26N4OS/c1-3-22(4-2)12-8-7-11-20-17(23)13-15-14-24-18(21-15)16-9-5-6-10-19-16/h5-6,9-10,14H,3-4,7-8,11-13H2,1-2H3,(H,20,23). The molecule has 1 amide bonds. The predicted molar refractivity (Wildman–Crippen MR) is 99.1 cm³/mol. The lowest BCUT2D eigenvalue weighted by molar-refractivity contribution is -0.120. The summed E-state index contributed by atoms with van der Waals surface area (Å²) in [6.07, 6.45) is 4.21. The maximum absolute atomic E-state index is 12.0. The summed E-state index contributed by atoms with van der Waals surface area (Å²) in [5, 5.41) is 5.77. The van der Waals surface area contributed by atoms with Crippen molar-refractivity contribution in [1.29, 1.82) is 0 Å². The van der Waals surface area contributed by atoms with Crippen LogP contribution in [0.5, 0.6) is 0 Å². The van der Waals surface area contributed by atoms with Gasteiger partial charge in [-0.25, -0.2) is 4.98 Å². The van der Waals surface area contributed by atoms with Gasteiger partial charge in [-0.1, -0.05) is 19.9 Å². The zero-order valence-electron chi connectivity index (χ0n) is 14.5. The Bertz CT molecular complexity index is 610. The highest BCUT2D eigenvalue weighted by Gasteiger charge is 2.09. The van der Waals surface area contributed by atoms with Crippen LogP contribution in [0.2, 0.25) is 0 Å². The van der Waals surface area contributed by atoms with Gasteiger partial charge in [-0.05, 0) is 44.6 Å². The van der Waals surface area contributed by atoms with Crippen LogP contribution in [-0.2, 0) is 11.2 Å². The van der Waals surface area contributed by atoms with E-state index in [0.717, 1.165) is 55.4 Å². The number of pyridine rings is 1. The Kier molecular flexibility index (Phi) is 7.85. The van der Waals surface area contributed by atoms with Crippen LogP contribution in [0.4, 0.5) is 0 Å². The lowest BCUT2D eigenvalue weighted by Gasteiger charge is -2.17. The maximum atomic E-state index is 12.0. The predicted octanol–water partition coefficient (Wildman–Crippen LogP) is 2.99. The number of nitrogens with one attached hydrogen (secondary N) is 1. The number of rotatable bonds is 10. The molecule has 2 aromatic rings. The number of thiazole rings is 1. The Morgan fingerprint density at radius 2 is 2.08 bits per heavy atom. The van der Waals surface area contributed by atoms with Gasteiger partial charge in [-0.3, -0.25) is 9.78 Å². The quantitative estimate of drug-likeness (QED) is 0.672. The number of hydrogen-bond acceptors (Lipinski definition) is 5. The molecular weight excluding hydrogens is 320 g/mol. The molecule has 2 aromatic heterocycles. The van der Waals surface area contributed by atoms with Crippen molar-refractivity contribution in [2.75, 3.05) is 26.2 Å². The minimum Gasteiger partial charge on any atom is -0.356 e. The first kappa shape index (κ1) is 18.5. The van der Waals surface area contributed by atoms with Gasteiger partial charge < -0.3 is 10.2 Å². The van der Waals surface area contributed by atoms with E-state index in [9.17, 15) is 4.79 Å². The minimum atomic E-state index is 0.0377. The normalized spacial score (nSPS) is 11.0. The molecule has 2 rings (SSSR count). The Hall–Kier alpha value is -1.79. The lowest BCUT2D eigenvalue weighted by Crippen LogP contribution is -2.28. The monoisotopic (exact) mass is 346 g/mol. The van der Waals surface area contributed by atoms with E-state index in [1.165, 1.54) is 11.3 Å². The summed E-state index contributed by atoms with van der Waals surface area (Å²) in [6.45, 7) is 8.37. The van der Waals surface area contributed by atoms with Crippen molar-refractivity contribution < 1.29 is 4.79 Å². The Labute approximate surface area is 148 Å². The van der Waals surface area contributed by atoms with Crippen LogP contribution in [0.15, 0.2) is 29.8 Å². The highest BCUT2D eigenvalue weighted by atomic mass is 32.1. The van der Waals surface area contributed by atoms with Gasteiger partial charge in [-0.2, -0.15) is 0 Å². The fourth-order valence-corrected chi connectivity index (χ4v) is 3.25. The zero-order chi connectivity index (χ0) is 17.2. The minimum absolute atomic E-state index is 0.0377. The average Bonchev–Trinajstić information content (AvgIpc) is 3.07. The van der Waals surface area contributed by atoms with E-state index in [2.05, 4.69) is 34.0 Å². The first-order valence-electron chi connectivity index (χ1n) is 8.57. The molecule has 0 aliphatic carbocycles. The Morgan fingerprint density at radius 1 is 1.25 bits per heavy atom.